The molecule has 114 valence electrons. The lowest BCUT2D eigenvalue weighted by molar-refractivity contribution is -0.124. The predicted octanol–water partition coefficient (Wildman–Crippen LogP) is 1.71. The van der Waals surface area contributed by atoms with Crippen LogP contribution >= 0.6 is 0 Å². The van der Waals surface area contributed by atoms with Gasteiger partial charge >= 0.3 is 6.03 Å². The van der Waals surface area contributed by atoms with Crippen molar-refractivity contribution in [3.8, 4) is 0 Å². The lowest BCUT2D eigenvalue weighted by Crippen LogP contribution is -2.47. The molecule has 0 spiro atoms. The highest BCUT2D eigenvalue weighted by molar-refractivity contribution is 5.90. The van der Waals surface area contributed by atoms with E-state index in [2.05, 4.69) is 16.0 Å². The standard InChI is InChI=1S/C15H20FN3O2/c1-15(2,3)12(9-4-6-10(16)7-5-9)19-13(20)11-8-17-14(21)18-11/h4-7,11-12H,8H2,1-3H3,(H,19,20)(H2,17,18,21)/t11-,12+/m1/s1. The van der Waals surface area contributed by atoms with E-state index in [0.717, 1.165) is 5.56 Å². The average Bonchev–Trinajstić information content (AvgIpc) is 2.82. The van der Waals surface area contributed by atoms with E-state index in [0.29, 0.717) is 0 Å². The zero-order valence-electron chi connectivity index (χ0n) is 12.4. The third kappa shape index (κ3) is 3.71. The molecule has 1 fully saturated rings. The van der Waals surface area contributed by atoms with Gasteiger partial charge in [0.1, 0.15) is 11.9 Å². The Hall–Kier alpha value is -2.11. The molecule has 1 saturated heterocycles. The van der Waals surface area contributed by atoms with Gasteiger partial charge in [0.25, 0.3) is 0 Å². The Morgan fingerprint density at radius 1 is 1.33 bits per heavy atom. The summed E-state index contributed by atoms with van der Waals surface area (Å²) in [5.41, 5.74) is 0.582. The van der Waals surface area contributed by atoms with Gasteiger partial charge in [0.05, 0.1) is 6.04 Å². The maximum absolute atomic E-state index is 13.1. The summed E-state index contributed by atoms with van der Waals surface area (Å²) in [5, 5.41) is 8.04. The molecule has 0 unspecified atom stereocenters. The van der Waals surface area contributed by atoms with E-state index in [1.54, 1.807) is 12.1 Å². The quantitative estimate of drug-likeness (QED) is 0.794. The van der Waals surface area contributed by atoms with Gasteiger partial charge in [-0.05, 0) is 23.1 Å². The first kappa shape index (κ1) is 15.3. The van der Waals surface area contributed by atoms with E-state index in [1.165, 1.54) is 12.1 Å². The van der Waals surface area contributed by atoms with Crippen LogP contribution in [0.4, 0.5) is 9.18 Å². The zero-order chi connectivity index (χ0) is 15.6. The van der Waals surface area contributed by atoms with E-state index in [1.807, 2.05) is 20.8 Å². The molecule has 21 heavy (non-hydrogen) atoms. The van der Waals surface area contributed by atoms with Crippen molar-refractivity contribution in [3.63, 3.8) is 0 Å². The topological polar surface area (TPSA) is 70.2 Å². The summed E-state index contributed by atoms with van der Waals surface area (Å²) in [7, 11) is 0. The first-order valence-corrected chi connectivity index (χ1v) is 6.87. The lowest BCUT2D eigenvalue weighted by atomic mass is 9.82. The van der Waals surface area contributed by atoms with Crippen molar-refractivity contribution in [2.24, 2.45) is 5.41 Å². The van der Waals surface area contributed by atoms with Crippen molar-refractivity contribution < 1.29 is 14.0 Å². The molecule has 1 aliphatic rings. The van der Waals surface area contributed by atoms with Crippen molar-refractivity contribution in [2.45, 2.75) is 32.9 Å². The van der Waals surface area contributed by atoms with Crippen LogP contribution in [0.2, 0.25) is 0 Å². The Balaban J connectivity index is 2.15. The van der Waals surface area contributed by atoms with Crippen LogP contribution in [0.1, 0.15) is 32.4 Å². The second-order valence-corrected chi connectivity index (χ2v) is 6.27. The summed E-state index contributed by atoms with van der Waals surface area (Å²) >= 11 is 0. The number of amides is 3. The highest BCUT2D eigenvalue weighted by Gasteiger charge is 2.32. The Labute approximate surface area is 123 Å². The molecule has 0 aliphatic carbocycles. The van der Waals surface area contributed by atoms with E-state index in [-0.39, 0.29) is 35.8 Å². The molecule has 1 aromatic rings. The monoisotopic (exact) mass is 293 g/mol. The first-order valence-electron chi connectivity index (χ1n) is 6.87. The fraction of sp³-hybridized carbons (Fsp3) is 0.467. The van der Waals surface area contributed by atoms with Gasteiger partial charge in [0, 0.05) is 6.54 Å². The Morgan fingerprint density at radius 3 is 2.43 bits per heavy atom. The molecule has 3 N–H and O–H groups in total. The van der Waals surface area contributed by atoms with Crippen LogP contribution in [-0.4, -0.2) is 24.5 Å². The Kier molecular flexibility index (Phi) is 4.16. The van der Waals surface area contributed by atoms with Crippen LogP contribution in [0, 0.1) is 11.2 Å². The van der Waals surface area contributed by atoms with Gasteiger partial charge in [-0.25, -0.2) is 9.18 Å². The van der Waals surface area contributed by atoms with Gasteiger partial charge < -0.3 is 16.0 Å². The number of hydrogen-bond donors (Lipinski definition) is 3. The van der Waals surface area contributed by atoms with Crippen LogP contribution in [0.15, 0.2) is 24.3 Å². The van der Waals surface area contributed by atoms with Gasteiger partial charge in [-0.2, -0.15) is 0 Å². The third-order valence-electron chi connectivity index (χ3n) is 3.44. The van der Waals surface area contributed by atoms with Gasteiger partial charge in [0.15, 0.2) is 0 Å². The summed E-state index contributed by atoms with van der Waals surface area (Å²) < 4.78 is 13.1. The second kappa shape index (κ2) is 5.71. The van der Waals surface area contributed by atoms with Crippen molar-refractivity contribution in [3.05, 3.63) is 35.6 Å². The number of nitrogens with one attached hydrogen (secondary N) is 3. The summed E-state index contributed by atoms with van der Waals surface area (Å²) in [6.45, 7) is 6.25. The van der Waals surface area contributed by atoms with Crippen molar-refractivity contribution in [2.75, 3.05) is 6.54 Å². The summed E-state index contributed by atoms with van der Waals surface area (Å²) in [6.07, 6.45) is 0. The zero-order valence-corrected chi connectivity index (χ0v) is 12.4. The van der Waals surface area contributed by atoms with Crippen molar-refractivity contribution in [1.29, 1.82) is 0 Å². The minimum Gasteiger partial charge on any atom is -0.347 e. The maximum Gasteiger partial charge on any atom is 0.315 e. The SMILES string of the molecule is CC(C)(C)[C@@H](NC(=O)[C@H]1CNC(=O)N1)c1ccc(F)cc1. The first-order chi connectivity index (χ1) is 9.77. The lowest BCUT2D eigenvalue weighted by Gasteiger charge is -2.32. The second-order valence-electron chi connectivity index (χ2n) is 6.27. The molecule has 3 amide bonds. The fourth-order valence-corrected chi connectivity index (χ4v) is 2.31. The molecule has 0 radical (unpaired) electrons. The average molecular weight is 293 g/mol. The molecule has 2 rings (SSSR count). The minimum absolute atomic E-state index is 0.246. The molecule has 5 nitrogen and oxygen atoms in total. The molecule has 2 atom stereocenters. The Morgan fingerprint density at radius 2 is 1.95 bits per heavy atom. The van der Waals surface area contributed by atoms with Crippen LogP contribution in [0.3, 0.4) is 0 Å². The number of halogens is 1. The van der Waals surface area contributed by atoms with Crippen LogP contribution < -0.4 is 16.0 Å². The molecule has 1 aliphatic heterocycles. The van der Waals surface area contributed by atoms with Crippen LogP contribution in [0.25, 0.3) is 0 Å². The fourth-order valence-electron chi connectivity index (χ4n) is 2.31. The largest absolute Gasteiger partial charge is 0.347 e. The molecular formula is C15H20FN3O2. The molecule has 0 aromatic heterocycles. The normalized spacial score (nSPS) is 19.6. The molecule has 0 bridgehead atoms. The number of rotatable bonds is 3. The maximum atomic E-state index is 13.1. The highest BCUT2D eigenvalue weighted by atomic mass is 19.1. The molecule has 0 saturated carbocycles. The van der Waals surface area contributed by atoms with Gasteiger partial charge in [-0.3, -0.25) is 4.79 Å². The molecular weight excluding hydrogens is 273 g/mol. The number of hydrogen-bond acceptors (Lipinski definition) is 2. The number of benzene rings is 1. The van der Waals surface area contributed by atoms with Gasteiger partial charge in [-0.1, -0.05) is 32.9 Å². The summed E-state index contributed by atoms with van der Waals surface area (Å²) in [6, 6.07) is 4.88. The third-order valence-corrected chi connectivity index (χ3v) is 3.44. The van der Waals surface area contributed by atoms with E-state index >= 15 is 0 Å². The van der Waals surface area contributed by atoms with Crippen LogP contribution in [0.5, 0.6) is 0 Å². The number of carbonyl (C=O) groups is 2. The van der Waals surface area contributed by atoms with E-state index < -0.39 is 6.04 Å². The van der Waals surface area contributed by atoms with Gasteiger partial charge in [0.2, 0.25) is 5.91 Å². The molecule has 6 heteroatoms. The predicted molar refractivity (Wildman–Crippen MR) is 77.1 cm³/mol. The highest BCUT2D eigenvalue weighted by Crippen LogP contribution is 2.32. The number of urea groups is 1. The summed E-state index contributed by atoms with van der Waals surface area (Å²) in [4.78, 5) is 23.4. The molecule has 1 heterocycles. The number of carbonyl (C=O) groups excluding carboxylic acids is 2. The minimum atomic E-state index is -0.581. The van der Waals surface area contributed by atoms with E-state index in [4.69, 9.17) is 0 Å². The van der Waals surface area contributed by atoms with Crippen molar-refractivity contribution >= 4 is 11.9 Å². The van der Waals surface area contributed by atoms with Crippen LogP contribution in [-0.2, 0) is 4.79 Å². The Bertz CT molecular complexity index is 537. The van der Waals surface area contributed by atoms with Crippen molar-refractivity contribution in [1.82, 2.24) is 16.0 Å². The molecule has 1 aromatic carbocycles. The van der Waals surface area contributed by atoms with E-state index in [9.17, 15) is 14.0 Å². The summed E-state index contributed by atoms with van der Waals surface area (Å²) in [5.74, 6) is -0.567. The van der Waals surface area contributed by atoms with Gasteiger partial charge in [-0.15, -0.1) is 0 Å². The smallest absolute Gasteiger partial charge is 0.315 e.